The minimum Gasteiger partial charge on any atom is -0.0882 e. The van der Waals surface area contributed by atoms with Crippen molar-refractivity contribution < 1.29 is 21.1 Å². The van der Waals surface area contributed by atoms with Gasteiger partial charge in [0.15, 0.2) is 0 Å². The number of allylic oxidation sites excluding steroid dienone is 4. The van der Waals surface area contributed by atoms with Crippen molar-refractivity contribution in [3.05, 3.63) is 24.3 Å². The molecule has 0 aliphatic heterocycles. The summed E-state index contributed by atoms with van der Waals surface area (Å²) in [6.45, 7) is 0. The molecule has 0 nitrogen and oxygen atoms in total. The maximum Gasteiger partial charge on any atom is 0 e. The van der Waals surface area contributed by atoms with Crippen LogP contribution in [0.5, 0.6) is 0 Å². The van der Waals surface area contributed by atoms with Crippen molar-refractivity contribution in [2.45, 2.75) is 25.7 Å². The second kappa shape index (κ2) is 6.29. The predicted molar refractivity (Wildman–Crippen MR) is 36.7 cm³/mol. The van der Waals surface area contributed by atoms with Gasteiger partial charge in [-0.05, 0) is 25.7 Å². The van der Waals surface area contributed by atoms with Crippen LogP contribution in [0.4, 0.5) is 0 Å². The Morgan fingerprint density at radius 3 is 1.00 bits per heavy atom. The molecule has 0 saturated heterocycles. The predicted octanol–water partition coefficient (Wildman–Crippen LogP) is 2.67. The molecule has 9 heavy (non-hydrogen) atoms. The molecule has 1 aliphatic rings. The number of rotatable bonds is 0. The maximum atomic E-state index is 2.27. The van der Waals surface area contributed by atoms with Crippen molar-refractivity contribution in [1.82, 2.24) is 0 Å². The Bertz CT molecular complexity index is 77.1. The molecule has 0 spiro atoms. The zero-order valence-electron chi connectivity index (χ0n) is 5.45. The zero-order chi connectivity index (χ0) is 5.66. The molecule has 0 aromatic heterocycles. The minimum atomic E-state index is 0. The molecular formula is C8H12Pt. The molecule has 0 aromatic rings. The van der Waals surface area contributed by atoms with E-state index in [4.69, 9.17) is 0 Å². The molecule has 0 unspecified atom stereocenters. The Kier molecular flexibility index (Phi) is 6.41. The summed E-state index contributed by atoms with van der Waals surface area (Å²) >= 11 is 0. The average Bonchev–Trinajstić information content (AvgIpc) is 1.62. The standard InChI is InChI=1S/C8H12.Pt/c1-2-4-6-8-7-5-3-1;/h1-2,7-8H,3-6H2;/b2-1-,8-7?;. The first-order valence-electron chi connectivity index (χ1n) is 3.30. The summed E-state index contributed by atoms with van der Waals surface area (Å²) in [7, 11) is 0. The SMILES string of the molecule is C1=CCC/C=C\CC1.[Pt]. The molecule has 0 fully saturated rings. The van der Waals surface area contributed by atoms with Gasteiger partial charge in [0.05, 0.1) is 0 Å². The average molecular weight is 303 g/mol. The van der Waals surface area contributed by atoms with E-state index in [0.29, 0.717) is 0 Å². The van der Waals surface area contributed by atoms with Gasteiger partial charge in [-0.2, -0.15) is 0 Å². The van der Waals surface area contributed by atoms with Crippen LogP contribution in [0.3, 0.4) is 0 Å². The normalized spacial score (nSPS) is 21.3. The van der Waals surface area contributed by atoms with Gasteiger partial charge in [-0.25, -0.2) is 0 Å². The fourth-order valence-corrected chi connectivity index (χ4v) is 0.856. The van der Waals surface area contributed by atoms with Gasteiger partial charge >= 0.3 is 0 Å². The van der Waals surface area contributed by atoms with E-state index in [0.717, 1.165) is 0 Å². The summed E-state index contributed by atoms with van der Waals surface area (Å²) in [6.07, 6.45) is 14.0. The van der Waals surface area contributed by atoms with Gasteiger partial charge in [0.25, 0.3) is 0 Å². The van der Waals surface area contributed by atoms with E-state index >= 15 is 0 Å². The summed E-state index contributed by atoms with van der Waals surface area (Å²) in [5, 5.41) is 0. The van der Waals surface area contributed by atoms with Crippen LogP contribution in [-0.4, -0.2) is 0 Å². The second-order valence-electron chi connectivity index (χ2n) is 2.10. The van der Waals surface area contributed by atoms with Crippen molar-refractivity contribution in [3.8, 4) is 0 Å². The van der Waals surface area contributed by atoms with Crippen molar-refractivity contribution in [2.24, 2.45) is 0 Å². The molecule has 54 valence electrons. The fraction of sp³-hybridized carbons (Fsp3) is 0.500. The summed E-state index contributed by atoms with van der Waals surface area (Å²) in [6, 6.07) is 0. The molecule has 0 heterocycles. The number of hydrogen-bond acceptors (Lipinski definition) is 0. The fourth-order valence-electron chi connectivity index (χ4n) is 0.856. The summed E-state index contributed by atoms with van der Waals surface area (Å²) in [4.78, 5) is 0. The summed E-state index contributed by atoms with van der Waals surface area (Å²) in [5.74, 6) is 0. The molecule has 0 N–H and O–H groups in total. The topological polar surface area (TPSA) is 0 Å². The van der Waals surface area contributed by atoms with Crippen LogP contribution in [0, 0.1) is 0 Å². The Balaban J connectivity index is 0.000000640. The van der Waals surface area contributed by atoms with Crippen molar-refractivity contribution >= 4 is 0 Å². The van der Waals surface area contributed by atoms with Crippen LogP contribution in [-0.2, 0) is 21.1 Å². The third-order valence-corrected chi connectivity index (χ3v) is 1.33. The van der Waals surface area contributed by atoms with E-state index in [9.17, 15) is 0 Å². The van der Waals surface area contributed by atoms with E-state index in [1.165, 1.54) is 25.7 Å². The van der Waals surface area contributed by atoms with E-state index in [2.05, 4.69) is 24.3 Å². The van der Waals surface area contributed by atoms with Crippen LogP contribution < -0.4 is 0 Å². The summed E-state index contributed by atoms with van der Waals surface area (Å²) in [5.41, 5.74) is 0. The van der Waals surface area contributed by atoms with Crippen LogP contribution >= 0.6 is 0 Å². The molecule has 0 aromatic carbocycles. The van der Waals surface area contributed by atoms with Crippen LogP contribution in [0.15, 0.2) is 24.3 Å². The van der Waals surface area contributed by atoms with Crippen molar-refractivity contribution in [2.75, 3.05) is 0 Å². The number of hydrogen-bond donors (Lipinski definition) is 0. The molecule has 1 rings (SSSR count). The molecule has 0 atom stereocenters. The monoisotopic (exact) mass is 303 g/mol. The first-order valence-corrected chi connectivity index (χ1v) is 3.30. The molecule has 0 amide bonds. The summed E-state index contributed by atoms with van der Waals surface area (Å²) < 4.78 is 0. The molecule has 1 heteroatoms. The first kappa shape index (κ1) is 9.17. The first-order chi connectivity index (χ1) is 4.00. The van der Waals surface area contributed by atoms with Gasteiger partial charge in [0.2, 0.25) is 0 Å². The second-order valence-corrected chi connectivity index (χ2v) is 2.10. The largest absolute Gasteiger partial charge is 0.0882 e. The molecule has 0 saturated carbocycles. The smallest absolute Gasteiger partial charge is 0 e. The van der Waals surface area contributed by atoms with Gasteiger partial charge in [-0.1, -0.05) is 24.3 Å². The van der Waals surface area contributed by atoms with Gasteiger partial charge < -0.3 is 0 Å². The van der Waals surface area contributed by atoms with Crippen molar-refractivity contribution in [1.29, 1.82) is 0 Å². The van der Waals surface area contributed by atoms with E-state index in [1.54, 1.807) is 0 Å². The van der Waals surface area contributed by atoms with Crippen LogP contribution in [0.2, 0.25) is 0 Å². The molecular weight excluding hydrogens is 291 g/mol. The van der Waals surface area contributed by atoms with E-state index < -0.39 is 0 Å². The molecule has 1 aliphatic carbocycles. The van der Waals surface area contributed by atoms with E-state index in [1.807, 2.05) is 0 Å². The van der Waals surface area contributed by atoms with Crippen LogP contribution in [0.25, 0.3) is 0 Å². The quantitative estimate of drug-likeness (QED) is 0.604. The van der Waals surface area contributed by atoms with Crippen molar-refractivity contribution in [3.63, 3.8) is 0 Å². The minimum absolute atomic E-state index is 0. The maximum absolute atomic E-state index is 2.27. The molecule has 0 bridgehead atoms. The van der Waals surface area contributed by atoms with Crippen LogP contribution in [0.1, 0.15) is 25.7 Å². The van der Waals surface area contributed by atoms with Gasteiger partial charge in [0.1, 0.15) is 0 Å². The van der Waals surface area contributed by atoms with Gasteiger partial charge in [-0.3, -0.25) is 0 Å². The third kappa shape index (κ3) is 4.66. The van der Waals surface area contributed by atoms with Gasteiger partial charge in [-0.15, -0.1) is 0 Å². The third-order valence-electron chi connectivity index (χ3n) is 1.33. The Morgan fingerprint density at radius 2 is 0.778 bits per heavy atom. The van der Waals surface area contributed by atoms with Gasteiger partial charge in [0, 0.05) is 21.1 Å². The Morgan fingerprint density at radius 1 is 0.556 bits per heavy atom. The zero-order valence-corrected chi connectivity index (χ0v) is 7.73. The Hall–Kier alpha value is 0.168. The molecule has 0 radical (unpaired) electrons. The van der Waals surface area contributed by atoms with E-state index in [-0.39, 0.29) is 21.1 Å². The Labute approximate surface area is 71.3 Å².